The van der Waals surface area contributed by atoms with Gasteiger partial charge in [0.05, 0.1) is 12.5 Å². The molecule has 1 heterocycles. The van der Waals surface area contributed by atoms with E-state index in [0.29, 0.717) is 17.9 Å². The summed E-state index contributed by atoms with van der Waals surface area (Å²) in [5.74, 6) is 0.938. The Balaban J connectivity index is 1.70. The Morgan fingerprint density at radius 2 is 2.33 bits per heavy atom. The molecule has 4 heteroatoms. The summed E-state index contributed by atoms with van der Waals surface area (Å²) in [7, 11) is 0. The van der Waals surface area contributed by atoms with E-state index in [1.807, 2.05) is 0 Å². The fourth-order valence-electron chi connectivity index (χ4n) is 2.05. The Labute approximate surface area is 95.5 Å². The molecule has 0 aromatic rings. The third-order valence-electron chi connectivity index (χ3n) is 3.52. The predicted molar refractivity (Wildman–Crippen MR) is 58.9 cm³/mol. The van der Waals surface area contributed by atoms with E-state index < -0.39 is 0 Å². The van der Waals surface area contributed by atoms with Crippen LogP contribution in [0.25, 0.3) is 0 Å². The third-order valence-corrected chi connectivity index (χ3v) is 3.71. The zero-order valence-corrected chi connectivity index (χ0v) is 9.68. The van der Waals surface area contributed by atoms with Crippen molar-refractivity contribution in [3.63, 3.8) is 0 Å². The van der Waals surface area contributed by atoms with Crippen molar-refractivity contribution in [2.24, 2.45) is 11.3 Å². The Morgan fingerprint density at radius 3 is 2.87 bits per heavy atom. The van der Waals surface area contributed by atoms with Crippen LogP contribution in [0.4, 0.5) is 0 Å². The van der Waals surface area contributed by atoms with Crippen LogP contribution in [0.15, 0.2) is 0 Å². The number of hydrogen-bond acceptors (Lipinski definition) is 2. The predicted octanol–water partition coefficient (Wildman–Crippen LogP) is 1.55. The summed E-state index contributed by atoms with van der Waals surface area (Å²) in [6.07, 6.45) is 4.31. The normalized spacial score (nSPS) is 27.7. The lowest BCUT2D eigenvalue weighted by Crippen LogP contribution is -2.35. The van der Waals surface area contributed by atoms with Gasteiger partial charge in [-0.15, -0.1) is 11.6 Å². The molecular weight excluding hydrogens is 214 g/mol. The van der Waals surface area contributed by atoms with Crippen molar-refractivity contribution in [3.05, 3.63) is 0 Å². The van der Waals surface area contributed by atoms with Crippen molar-refractivity contribution in [1.29, 1.82) is 0 Å². The highest BCUT2D eigenvalue weighted by molar-refractivity contribution is 6.17. The minimum atomic E-state index is 0.0804. The molecule has 0 spiro atoms. The van der Waals surface area contributed by atoms with Gasteiger partial charge in [0.15, 0.2) is 0 Å². The number of carbonyl (C=O) groups excluding carboxylic acids is 1. The van der Waals surface area contributed by atoms with Crippen LogP contribution in [0.1, 0.15) is 25.7 Å². The molecule has 1 unspecified atom stereocenters. The third kappa shape index (κ3) is 2.85. The zero-order chi connectivity index (χ0) is 10.7. The summed E-state index contributed by atoms with van der Waals surface area (Å²) in [4.78, 5) is 11.7. The average molecular weight is 232 g/mol. The minimum Gasteiger partial charge on any atom is -0.381 e. The molecule has 3 nitrogen and oxygen atoms in total. The van der Waals surface area contributed by atoms with E-state index in [0.717, 1.165) is 26.0 Å². The van der Waals surface area contributed by atoms with Gasteiger partial charge < -0.3 is 10.1 Å². The van der Waals surface area contributed by atoms with Crippen LogP contribution in [-0.2, 0) is 9.53 Å². The molecule has 1 N–H and O–H groups in total. The minimum absolute atomic E-state index is 0.0804. The molecule has 1 aliphatic heterocycles. The maximum absolute atomic E-state index is 11.7. The quantitative estimate of drug-likeness (QED) is 0.730. The van der Waals surface area contributed by atoms with Gasteiger partial charge in [0.2, 0.25) is 5.91 Å². The lowest BCUT2D eigenvalue weighted by atomic mass is 10.0. The van der Waals surface area contributed by atoms with Gasteiger partial charge in [0.25, 0.3) is 0 Å². The second-order valence-corrected chi connectivity index (χ2v) is 5.10. The van der Waals surface area contributed by atoms with Gasteiger partial charge in [-0.05, 0) is 31.1 Å². The van der Waals surface area contributed by atoms with Crippen molar-refractivity contribution >= 4 is 17.5 Å². The summed E-state index contributed by atoms with van der Waals surface area (Å²) in [5.41, 5.74) is 0.330. The maximum atomic E-state index is 11.7. The first-order chi connectivity index (χ1) is 7.26. The molecule has 1 saturated carbocycles. The molecule has 2 fully saturated rings. The standard InChI is InChI=1S/C11H18ClNO2/c12-5-4-11(2-3-11)8-13-10(14)9-1-6-15-7-9/h9H,1-8H2,(H,13,14). The molecule has 0 aromatic heterocycles. The molecule has 15 heavy (non-hydrogen) atoms. The lowest BCUT2D eigenvalue weighted by molar-refractivity contribution is -0.125. The van der Waals surface area contributed by atoms with E-state index in [2.05, 4.69) is 5.32 Å². The molecule has 0 bridgehead atoms. The first-order valence-corrected chi connectivity index (χ1v) is 6.21. The zero-order valence-electron chi connectivity index (χ0n) is 8.93. The highest BCUT2D eigenvalue weighted by atomic mass is 35.5. The van der Waals surface area contributed by atoms with E-state index >= 15 is 0 Å². The van der Waals surface area contributed by atoms with E-state index in [9.17, 15) is 4.79 Å². The van der Waals surface area contributed by atoms with Gasteiger partial charge in [0, 0.05) is 19.0 Å². The Kier molecular flexibility index (Phi) is 3.52. The molecular formula is C11H18ClNO2. The Morgan fingerprint density at radius 1 is 1.53 bits per heavy atom. The molecule has 1 saturated heterocycles. The average Bonchev–Trinajstić information content (AvgIpc) is 2.81. The van der Waals surface area contributed by atoms with E-state index in [-0.39, 0.29) is 11.8 Å². The molecule has 2 aliphatic rings. The number of rotatable bonds is 5. The maximum Gasteiger partial charge on any atom is 0.225 e. The highest BCUT2D eigenvalue weighted by Gasteiger charge is 2.42. The number of hydrogen-bond donors (Lipinski definition) is 1. The highest BCUT2D eigenvalue weighted by Crippen LogP contribution is 2.48. The van der Waals surface area contributed by atoms with Crippen molar-refractivity contribution in [2.45, 2.75) is 25.7 Å². The summed E-state index contributed by atoms with van der Waals surface area (Å²) in [5, 5.41) is 3.03. The lowest BCUT2D eigenvalue weighted by Gasteiger charge is -2.16. The molecule has 1 atom stereocenters. The van der Waals surface area contributed by atoms with Gasteiger partial charge in [-0.1, -0.05) is 0 Å². The summed E-state index contributed by atoms with van der Waals surface area (Å²) >= 11 is 5.74. The van der Waals surface area contributed by atoms with E-state index in [4.69, 9.17) is 16.3 Å². The molecule has 2 rings (SSSR count). The summed E-state index contributed by atoms with van der Waals surface area (Å²) < 4.78 is 5.19. The Bertz CT molecular complexity index is 235. The fourth-order valence-corrected chi connectivity index (χ4v) is 2.45. The number of ether oxygens (including phenoxy) is 1. The van der Waals surface area contributed by atoms with Crippen LogP contribution in [0.5, 0.6) is 0 Å². The van der Waals surface area contributed by atoms with Gasteiger partial charge in [-0.3, -0.25) is 4.79 Å². The topological polar surface area (TPSA) is 38.3 Å². The van der Waals surface area contributed by atoms with Crippen molar-refractivity contribution in [2.75, 3.05) is 25.6 Å². The van der Waals surface area contributed by atoms with Gasteiger partial charge in [-0.25, -0.2) is 0 Å². The Hall–Kier alpha value is -0.280. The second kappa shape index (κ2) is 4.71. The van der Waals surface area contributed by atoms with Crippen LogP contribution in [0.3, 0.4) is 0 Å². The van der Waals surface area contributed by atoms with Crippen LogP contribution < -0.4 is 5.32 Å². The van der Waals surface area contributed by atoms with Gasteiger partial charge >= 0.3 is 0 Å². The first-order valence-electron chi connectivity index (χ1n) is 5.67. The number of nitrogens with one attached hydrogen (secondary N) is 1. The molecule has 0 aromatic carbocycles. The summed E-state index contributed by atoms with van der Waals surface area (Å²) in [6.45, 7) is 2.12. The van der Waals surface area contributed by atoms with Crippen molar-refractivity contribution < 1.29 is 9.53 Å². The van der Waals surface area contributed by atoms with Crippen molar-refractivity contribution in [1.82, 2.24) is 5.32 Å². The van der Waals surface area contributed by atoms with Crippen LogP contribution in [-0.4, -0.2) is 31.5 Å². The first kappa shape index (κ1) is 11.2. The smallest absolute Gasteiger partial charge is 0.225 e. The molecule has 0 radical (unpaired) electrons. The fraction of sp³-hybridized carbons (Fsp3) is 0.909. The molecule has 1 aliphatic carbocycles. The molecule has 86 valence electrons. The van der Waals surface area contributed by atoms with Crippen LogP contribution in [0.2, 0.25) is 0 Å². The van der Waals surface area contributed by atoms with Gasteiger partial charge in [0.1, 0.15) is 0 Å². The van der Waals surface area contributed by atoms with Crippen molar-refractivity contribution in [3.8, 4) is 0 Å². The monoisotopic (exact) mass is 231 g/mol. The largest absolute Gasteiger partial charge is 0.381 e. The SMILES string of the molecule is O=C(NCC1(CCCl)CC1)C1CCOC1. The summed E-state index contributed by atoms with van der Waals surface area (Å²) in [6, 6.07) is 0. The van der Waals surface area contributed by atoms with Crippen LogP contribution >= 0.6 is 11.6 Å². The molecule has 1 amide bonds. The van der Waals surface area contributed by atoms with Crippen LogP contribution in [0, 0.1) is 11.3 Å². The number of amides is 1. The number of alkyl halides is 1. The van der Waals surface area contributed by atoms with E-state index in [1.54, 1.807) is 0 Å². The second-order valence-electron chi connectivity index (χ2n) is 4.72. The number of halogens is 1. The van der Waals surface area contributed by atoms with Gasteiger partial charge in [-0.2, -0.15) is 0 Å². The van der Waals surface area contributed by atoms with E-state index in [1.165, 1.54) is 12.8 Å². The number of carbonyl (C=O) groups is 1.